The Kier molecular flexibility index (Phi) is 5.46. The first-order valence-electron chi connectivity index (χ1n) is 9.66. The second-order valence-corrected chi connectivity index (χ2v) is 7.21. The highest BCUT2D eigenvalue weighted by Gasteiger charge is 2.28. The molecule has 0 radical (unpaired) electrons. The van der Waals surface area contributed by atoms with Gasteiger partial charge in [-0.25, -0.2) is 14.4 Å². The molecule has 3 heterocycles. The van der Waals surface area contributed by atoms with Crippen LogP contribution in [0.4, 0.5) is 10.3 Å². The lowest BCUT2D eigenvalue weighted by atomic mass is 9.89. The Morgan fingerprint density at radius 3 is 2.76 bits per heavy atom. The molecule has 1 aliphatic heterocycles. The average molecular weight is 391 g/mol. The lowest BCUT2D eigenvalue weighted by Gasteiger charge is -2.33. The molecule has 1 saturated heterocycles. The fourth-order valence-corrected chi connectivity index (χ4v) is 3.77. The van der Waals surface area contributed by atoms with E-state index in [2.05, 4.69) is 15.0 Å². The van der Waals surface area contributed by atoms with Crippen LogP contribution < -0.4 is 5.73 Å². The van der Waals surface area contributed by atoms with E-state index in [1.807, 2.05) is 23.1 Å². The molecule has 148 valence electrons. The van der Waals surface area contributed by atoms with Gasteiger partial charge >= 0.3 is 0 Å². The minimum absolute atomic E-state index is 0.0433. The summed E-state index contributed by atoms with van der Waals surface area (Å²) >= 11 is 0. The number of hydrogen-bond donors (Lipinski definition) is 1. The van der Waals surface area contributed by atoms with Gasteiger partial charge in [0.25, 0.3) is 0 Å². The maximum atomic E-state index is 13.3. The highest BCUT2D eigenvalue weighted by Crippen LogP contribution is 2.33. The smallest absolute Gasteiger partial charge is 0.228 e. The number of nitrogens with zero attached hydrogens (tertiary/aromatic N) is 4. The Labute approximate surface area is 168 Å². The molecule has 3 aromatic rings. The third kappa shape index (κ3) is 4.39. The topological polar surface area (TPSA) is 85.0 Å². The van der Waals surface area contributed by atoms with Crippen molar-refractivity contribution in [1.82, 2.24) is 19.9 Å². The number of nitrogen functional groups attached to an aromatic ring is 1. The quantitative estimate of drug-likeness (QED) is 0.738. The Morgan fingerprint density at radius 1 is 1.17 bits per heavy atom. The molecule has 1 atom stereocenters. The van der Waals surface area contributed by atoms with Crippen molar-refractivity contribution >= 4 is 11.9 Å². The summed E-state index contributed by atoms with van der Waals surface area (Å²) in [5.41, 5.74) is 9.08. The third-order valence-electron chi connectivity index (χ3n) is 5.21. The van der Waals surface area contributed by atoms with Crippen LogP contribution in [0.5, 0.6) is 0 Å². The van der Waals surface area contributed by atoms with Crippen molar-refractivity contribution in [2.75, 3.05) is 18.8 Å². The van der Waals surface area contributed by atoms with E-state index in [0.717, 1.165) is 35.4 Å². The molecule has 0 spiro atoms. The first-order chi connectivity index (χ1) is 14.1. The second kappa shape index (κ2) is 8.34. The number of hydrogen-bond acceptors (Lipinski definition) is 5. The molecular formula is C22H22FN5O. The van der Waals surface area contributed by atoms with E-state index in [-0.39, 0.29) is 30.0 Å². The van der Waals surface area contributed by atoms with Crippen molar-refractivity contribution < 1.29 is 9.18 Å². The van der Waals surface area contributed by atoms with Gasteiger partial charge in [-0.05, 0) is 42.7 Å². The molecule has 0 aliphatic carbocycles. The summed E-state index contributed by atoms with van der Waals surface area (Å²) in [5, 5.41) is 0. The zero-order valence-corrected chi connectivity index (χ0v) is 16.0. The largest absolute Gasteiger partial charge is 0.368 e. The zero-order chi connectivity index (χ0) is 20.2. The van der Waals surface area contributed by atoms with E-state index in [9.17, 15) is 9.18 Å². The summed E-state index contributed by atoms with van der Waals surface area (Å²) in [6.07, 6.45) is 5.44. The number of likely N-dealkylation sites (tertiary alicyclic amines) is 1. The van der Waals surface area contributed by atoms with Gasteiger partial charge < -0.3 is 10.6 Å². The van der Waals surface area contributed by atoms with E-state index in [1.165, 1.54) is 12.1 Å². The van der Waals surface area contributed by atoms with Crippen molar-refractivity contribution in [2.45, 2.75) is 25.2 Å². The first-order valence-corrected chi connectivity index (χ1v) is 9.66. The molecule has 2 aromatic heterocycles. The number of pyridine rings is 1. The van der Waals surface area contributed by atoms with E-state index in [1.54, 1.807) is 24.5 Å². The number of aromatic nitrogens is 3. The lowest BCUT2D eigenvalue weighted by molar-refractivity contribution is -0.131. The summed E-state index contributed by atoms with van der Waals surface area (Å²) in [4.78, 5) is 27.5. The van der Waals surface area contributed by atoms with Crippen LogP contribution in [0.1, 0.15) is 30.1 Å². The summed E-state index contributed by atoms with van der Waals surface area (Å²) in [5.74, 6) is -0.000957. The Balaban J connectivity index is 1.57. The maximum absolute atomic E-state index is 13.3. The molecule has 29 heavy (non-hydrogen) atoms. The number of halogens is 1. The number of carbonyl (C=O) groups excluding carboxylic acids is 1. The number of amides is 1. The normalized spacial score (nSPS) is 16.6. The molecule has 1 aromatic carbocycles. The standard InChI is InChI=1S/C22H22FN5O/c23-17-8-6-15(7-9-17)19-13-26-22(24)27-21(19)16-4-3-11-28(14-16)20(29)12-18-5-1-2-10-25-18/h1-2,5-10,13,16H,3-4,11-12,14H2,(H2,24,26,27)/t16-/m0/s1. The summed E-state index contributed by atoms with van der Waals surface area (Å²) in [6.45, 7) is 1.28. The molecule has 0 unspecified atom stereocenters. The Hall–Kier alpha value is -3.35. The molecule has 1 fully saturated rings. The summed E-state index contributed by atoms with van der Waals surface area (Å²) in [7, 11) is 0. The number of piperidine rings is 1. The SMILES string of the molecule is Nc1ncc(-c2ccc(F)cc2)c([C@H]2CCCN(C(=O)Cc3ccccn3)C2)n1. The molecule has 0 bridgehead atoms. The number of anilines is 1. The van der Waals surface area contributed by atoms with Crippen LogP contribution in [-0.2, 0) is 11.2 Å². The van der Waals surface area contributed by atoms with Crippen molar-refractivity contribution in [1.29, 1.82) is 0 Å². The van der Waals surface area contributed by atoms with Gasteiger partial charge in [-0.2, -0.15) is 0 Å². The van der Waals surface area contributed by atoms with E-state index in [4.69, 9.17) is 5.73 Å². The van der Waals surface area contributed by atoms with Crippen molar-refractivity contribution in [3.05, 3.63) is 72.1 Å². The van der Waals surface area contributed by atoms with Crippen LogP contribution in [0.3, 0.4) is 0 Å². The van der Waals surface area contributed by atoms with Crippen LogP contribution in [0.25, 0.3) is 11.1 Å². The fourth-order valence-electron chi connectivity index (χ4n) is 3.77. The molecule has 4 rings (SSSR count). The predicted octanol–water partition coefficient (Wildman–Crippen LogP) is 3.21. The predicted molar refractivity (Wildman–Crippen MR) is 108 cm³/mol. The molecule has 1 amide bonds. The fraction of sp³-hybridized carbons (Fsp3) is 0.273. The van der Waals surface area contributed by atoms with Gasteiger partial charge in [-0.15, -0.1) is 0 Å². The van der Waals surface area contributed by atoms with Crippen LogP contribution in [-0.4, -0.2) is 38.8 Å². The van der Waals surface area contributed by atoms with Gasteiger partial charge in [0, 0.05) is 42.7 Å². The minimum Gasteiger partial charge on any atom is -0.368 e. The Bertz CT molecular complexity index is 994. The number of rotatable bonds is 4. The first kappa shape index (κ1) is 19.0. The van der Waals surface area contributed by atoms with E-state index >= 15 is 0 Å². The van der Waals surface area contributed by atoms with Crippen LogP contribution in [0.15, 0.2) is 54.9 Å². The van der Waals surface area contributed by atoms with Crippen molar-refractivity contribution in [2.24, 2.45) is 0 Å². The van der Waals surface area contributed by atoms with Crippen LogP contribution in [0.2, 0.25) is 0 Å². The highest BCUT2D eigenvalue weighted by atomic mass is 19.1. The lowest BCUT2D eigenvalue weighted by Crippen LogP contribution is -2.40. The number of benzene rings is 1. The highest BCUT2D eigenvalue weighted by molar-refractivity contribution is 5.78. The molecule has 0 saturated carbocycles. The van der Waals surface area contributed by atoms with E-state index in [0.29, 0.717) is 13.1 Å². The molecular weight excluding hydrogens is 369 g/mol. The van der Waals surface area contributed by atoms with Gasteiger partial charge in [-0.1, -0.05) is 18.2 Å². The second-order valence-electron chi connectivity index (χ2n) is 7.21. The molecule has 6 nitrogen and oxygen atoms in total. The van der Waals surface area contributed by atoms with E-state index < -0.39 is 0 Å². The number of carbonyl (C=O) groups is 1. The molecule has 7 heteroatoms. The van der Waals surface area contributed by atoms with Gasteiger partial charge in [0.2, 0.25) is 11.9 Å². The molecule has 2 N–H and O–H groups in total. The average Bonchev–Trinajstić information content (AvgIpc) is 2.75. The maximum Gasteiger partial charge on any atom is 0.228 e. The van der Waals surface area contributed by atoms with Gasteiger partial charge in [0.15, 0.2) is 0 Å². The van der Waals surface area contributed by atoms with Crippen molar-refractivity contribution in [3.63, 3.8) is 0 Å². The number of nitrogens with two attached hydrogens (primary N) is 1. The Morgan fingerprint density at radius 2 is 2.00 bits per heavy atom. The zero-order valence-electron chi connectivity index (χ0n) is 16.0. The van der Waals surface area contributed by atoms with Gasteiger partial charge in [-0.3, -0.25) is 9.78 Å². The summed E-state index contributed by atoms with van der Waals surface area (Å²) in [6, 6.07) is 11.8. The van der Waals surface area contributed by atoms with Crippen LogP contribution >= 0.6 is 0 Å². The third-order valence-corrected chi connectivity index (χ3v) is 5.21. The van der Waals surface area contributed by atoms with Gasteiger partial charge in [0.05, 0.1) is 12.1 Å². The monoisotopic (exact) mass is 391 g/mol. The van der Waals surface area contributed by atoms with Crippen LogP contribution in [0, 0.1) is 5.82 Å². The van der Waals surface area contributed by atoms with Gasteiger partial charge in [0.1, 0.15) is 5.82 Å². The summed E-state index contributed by atoms with van der Waals surface area (Å²) < 4.78 is 13.3. The van der Waals surface area contributed by atoms with Crippen molar-refractivity contribution in [3.8, 4) is 11.1 Å². The molecule has 1 aliphatic rings. The minimum atomic E-state index is -0.296.